The van der Waals surface area contributed by atoms with Gasteiger partial charge in [0.25, 0.3) is 0 Å². The molecule has 3 saturated heterocycles. The van der Waals surface area contributed by atoms with Crippen LogP contribution >= 0.6 is 11.6 Å². The van der Waals surface area contributed by atoms with Crippen molar-refractivity contribution in [2.45, 2.75) is 13.1 Å². The Bertz CT molecular complexity index is 1100. The van der Waals surface area contributed by atoms with Crippen molar-refractivity contribution in [1.82, 2.24) is 14.8 Å². The molecular formula is C29H34ClN5. The second kappa shape index (κ2) is 10.2. The van der Waals surface area contributed by atoms with E-state index >= 15 is 0 Å². The molecule has 0 radical (unpaired) electrons. The number of hydrogen-bond acceptors (Lipinski definition) is 5. The van der Waals surface area contributed by atoms with Gasteiger partial charge < -0.3 is 9.80 Å². The van der Waals surface area contributed by atoms with Gasteiger partial charge in [-0.25, -0.2) is 0 Å². The maximum absolute atomic E-state index is 6.05. The summed E-state index contributed by atoms with van der Waals surface area (Å²) in [6.45, 7) is 11.0. The number of anilines is 2. The van der Waals surface area contributed by atoms with Crippen LogP contribution in [0.1, 0.15) is 11.3 Å². The fraction of sp³-hybridized carbons (Fsp3) is 0.414. The summed E-state index contributed by atoms with van der Waals surface area (Å²) in [6.07, 6.45) is 2.00. The van der Waals surface area contributed by atoms with E-state index in [4.69, 9.17) is 16.6 Å². The van der Waals surface area contributed by atoms with Gasteiger partial charge in [-0.15, -0.1) is 0 Å². The van der Waals surface area contributed by atoms with E-state index in [9.17, 15) is 0 Å². The fourth-order valence-electron chi connectivity index (χ4n) is 6.07. The molecule has 3 aromatic rings. The highest BCUT2D eigenvalue weighted by Crippen LogP contribution is 2.34. The molecule has 2 unspecified atom stereocenters. The molecule has 0 aliphatic carbocycles. The van der Waals surface area contributed by atoms with E-state index in [0.717, 1.165) is 56.1 Å². The van der Waals surface area contributed by atoms with Crippen LogP contribution in [0.4, 0.5) is 11.4 Å². The van der Waals surface area contributed by atoms with E-state index < -0.39 is 0 Å². The predicted molar refractivity (Wildman–Crippen MR) is 144 cm³/mol. The van der Waals surface area contributed by atoms with Crippen LogP contribution < -0.4 is 9.80 Å². The largest absolute Gasteiger partial charge is 0.371 e. The number of pyridine rings is 1. The van der Waals surface area contributed by atoms with Gasteiger partial charge in [-0.3, -0.25) is 14.8 Å². The first-order chi connectivity index (χ1) is 17.2. The Morgan fingerprint density at radius 1 is 0.686 bits per heavy atom. The third-order valence-electron chi connectivity index (χ3n) is 7.93. The molecule has 0 saturated carbocycles. The standard InChI is InChI=1S/C29H34ClN5/c30-26-6-8-28(9-7-26)34-14-12-32(13-15-34)22-27-16-29(10-11-31-27)35-20-24-18-33(19-25(24)21-35)17-23-4-2-1-3-5-23/h1-11,16,24-25H,12-15,17-22H2. The average Bonchev–Trinajstić information content (AvgIpc) is 3.45. The summed E-state index contributed by atoms with van der Waals surface area (Å²) in [7, 11) is 0. The van der Waals surface area contributed by atoms with Crippen molar-refractivity contribution < 1.29 is 0 Å². The van der Waals surface area contributed by atoms with Gasteiger partial charge >= 0.3 is 0 Å². The maximum Gasteiger partial charge on any atom is 0.0564 e. The summed E-state index contributed by atoms with van der Waals surface area (Å²) < 4.78 is 0. The minimum Gasteiger partial charge on any atom is -0.371 e. The van der Waals surface area contributed by atoms with Gasteiger partial charge in [-0.05, 0) is 53.8 Å². The lowest BCUT2D eigenvalue weighted by Crippen LogP contribution is -2.46. The molecular weight excluding hydrogens is 454 g/mol. The van der Waals surface area contributed by atoms with E-state index in [2.05, 4.69) is 74.2 Å². The molecule has 4 heterocycles. The van der Waals surface area contributed by atoms with Gasteiger partial charge in [0.05, 0.1) is 5.69 Å². The highest BCUT2D eigenvalue weighted by molar-refractivity contribution is 6.30. The van der Waals surface area contributed by atoms with Gasteiger partial charge in [0.15, 0.2) is 0 Å². The van der Waals surface area contributed by atoms with Crippen LogP contribution in [-0.4, -0.2) is 67.1 Å². The topological polar surface area (TPSA) is 25.9 Å². The van der Waals surface area contributed by atoms with Crippen LogP contribution in [0.25, 0.3) is 0 Å². The van der Waals surface area contributed by atoms with Gasteiger partial charge in [-0.2, -0.15) is 0 Å². The number of benzene rings is 2. The highest BCUT2D eigenvalue weighted by atomic mass is 35.5. The number of nitrogens with zero attached hydrogens (tertiary/aromatic N) is 5. The first kappa shape index (κ1) is 22.8. The van der Waals surface area contributed by atoms with Crippen LogP contribution in [0.5, 0.6) is 0 Å². The molecule has 6 heteroatoms. The van der Waals surface area contributed by atoms with Crippen molar-refractivity contribution >= 4 is 23.0 Å². The Morgan fingerprint density at radius 3 is 2.11 bits per heavy atom. The molecule has 35 heavy (non-hydrogen) atoms. The minimum atomic E-state index is 0.774. The minimum absolute atomic E-state index is 0.774. The quantitative estimate of drug-likeness (QED) is 0.505. The van der Waals surface area contributed by atoms with Crippen molar-refractivity contribution in [2.24, 2.45) is 11.8 Å². The molecule has 0 N–H and O–H groups in total. The highest BCUT2D eigenvalue weighted by Gasteiger charge is 2.40. The first-order valence-electron chi connectivity index (χ1n) is 12.9. The van der Waals surface area contributed by atoms with Crippen molar-refractivity contribution in [2.75, 3.05) is 62.2 Å². The Morgan fingerprint density at radius 2 is 1.40 bits per heavy atom. The van der Waals surface area contributed by atoms with Crippen LogP contribution in [0.3, 0.4) is 0 Å². The molecule has 6 rings (SSSR count). The zero-order chi connectivity index (χ0) is 23.6. The van der Waals surface area contributed by atoms with Crippen molar-refractivity contribution in [3.8, 4) is 0 Å². The molecule has 5 nitrogen and oxygen atoms in total. The average molecular weight is 488 g/mol. The summed E-state index contributed by atoms with van der Waals surface area (Å²) >= 11 is 6.05. The Kier molecular flexibility index (Phi) is 6.64. The number of piperazine rings is 1. The van der Waals surface area contributed by atoms with E-state index in [1.54, 1.807) is 0 Å². The molecule has 0 bridgehead atoms. The van der Waals surface area contributed by atoms with E-state index in [0.29, 0.717) is 0 Å². The number of halogens is 1. The van der Waals surface area contributed by atoms with E-state index in [-0.39, 0.29) is 0 Å². The summed E-state index contributed by atoms with van der Waals surface area (Å²) in [5.74, 6) is 1.55. The lowest BCUT2D eigenvalue weighted by atomic mass is 10.0. The van der Waals surface area contributed by atoms with Gasteiger partial charge in [0.2, 0.25) is 0 Å². The Labute approximate surface area is 213 Å². The fourth-order valence-corrected chi connectivity index (χ4v) is 6.19. The molecule has 1 aromatic heterocycles. The predicted octanol–water partition coefficient (Wildman–Crippen LogP) is 4.63. The third-order valence-corrected chi connectivity index (χ3v) is 8.18. The molecule has 0 amide bonds. The third kappa shape index (κ3) is 5.32. The lowest BCUT2D eigenvalue weighted by Gasteiger charge is -2.36. The number of likely N-dealkylation sites (tertiary alicyclic amines) is 1. The van der Waals surface area contributed by atoms with Crippen molar-refractivity contribution in [1.29, 1.82) is 0 Å². The molecule has 3 aliphatic rings. The smallest absolute Gasteiger partial charge is 0.0564 e. The van der Waals surface area contributed by atoms with Crippen molar-refractivity contribution in [3.05, 3.63) is 89.2 Å². The van der Waals surface area contributed by atoms with Crippen LogP contribution in [0.2, 0.25) is 5.02 Å². The normalized spacial score (nSPS) is 23.1. The maximum atomic E-state index is 6.05. The Hall–Kier alpha value is -2.60. The number of fused-ring (bicyclic) bond motifs is 1. The number of aromatic nitrogens is 1. The molecule has 182 valence electrons. The van der Waals surface area contributed by atoms with Crippen LogP contribution in [0.15, 0.2) is 72.9 Å². The van der Waals surface area contributed by atoms with Crippen LogP contribution in [-0.2, 0) is 13.1 Å². The van der Waals surface area contributed by atoms with Gasteiger partial charge in [0.1, 0.15) is 0 Å². The van der Waals surface area contributed by atoms with Crippen LogP contribution in [0, 0.1) is 11.8 Å². The molecule has 3 aliphatic heterocycles. The second-order valence-electron chi connectivity index (χ2n) is 10.3. The molecule has 0 spiro atoms. The van der Waals surface area contributed by atoms with Gasteiger partial charge in [-0.1, -0.05) is 41.9 Å². The van der Waals surface area contributed by atoms with Crippen molar-refractivity contribution in [3.63, 3.8) is 0 Å². The molecule has 2 aromatic carbocycles. The molecule has 3 fully saturated rings. The monoisotopic (exact) mass is 487 g/mol. The SMILES string of the molecule is Clc1ccc(N2CCN(Cc3cc(N4CC5CN(Cc6ccccc6)CC5C4)ccn3)CC2)cc1. The molecule has 2 atom stereocenters. The summed E-state index contributed by atoms with van der Waals surface area (Å²) in [5, 5.41) is 0.796. The summed E-state index contributed by atoms with van der Waals surface area (Å²) in [4.78, 5) is 14.9. The summed E-state index contributed by atoms with van der Waals surface area (Å²) in [6, 6.07) is 23.6. The Balaban J connectivity index is 1.01. The number of rotatable bonds is 6. The lowest BCUT2D eigenvalue weighted by molar-refractivity contribution is 0.247. The first-order valence-corrected chi connectivity index (χ1v) is 13.3. The second-order valence-corrected chi connectivity index (χ2v) is 10.8. The zero-order valence-electron chi connectivity index (χ0n) is 20.3. The van der Waals surface area contributed by atoms with E-state index in [1.807, 2.05) is 18.3 Å². The zero-order valence-corrected chi connectivity index (χ0v) is 21.0. The summed E-state index contributed by atoms with van der Waals surface area (Å²) in [5.41, 5.74) is 5.22. The number of hydrogen-bond donors (Lipinski definition) is 0. The van der Waals surface area contributed by atoms with E-state index in [1.165, 1.54) is 48.8 Å². The van der Waals surface area contributed by atoms with Gasteiger partial charge in [0, 0.05) is 88.0 Å².